The van der Waals surface area contributed by atoms with Crippen molar-refractivity contribution in [2.75, 3.05) is 26.2 Å². The Kier molecular flexibility index (Phi) is 8.01. The Hall–Kier alpha value is -2.23. The Bertz CT molecular complexity index is 837. The van der Waals surface area contributed by atoms with Gasteiger partial charge >= 0.3 is 5.91 Å². The molecule has 1 aliphatic heterocycles. The molecular weight excluding hydrogens is 402 g/mol. The van der Waals surface area contributed by atoms with Crippen molar-refractivity contribution >= 4 is 23.2 Å². The minimum Gasteiger partial charge on any atom is -0.454 e. The Labute approximate surface area is 181 Å². The van der Waals surface area contributed by atoms with Crippen LogP contribution >= 0.6 is 11.3 Å². The summed E-state index contributed by atoms with van der Waals surface area (Å²) in [7, 11) is 0. The van der Waals surface area contributed by atoms with Crippen LogP contribution in [0, 0.1) is 12.8 Å². The summed E-state index contributed by atoms with van der Waals surface area (Å²) in [6, 6.07) is 3.44. The number of hydrogen-bond acceptors (Lipinski definition) is 7. The zero-order chi connectivity index (χ0) is 21.5. The van der Waals surface area contributed by atoms with Crippen molar-refractivity contribution in [3.05, 3.63) is 39.7 Å². The summed E-state index contributed by atoms with van der Waals surface area (Å²) in [6.07, 6.45) is 1.53. The quantitative estimate of drug-likeness (QED) is 0.622. The maximum absolute atomic E-state index is 12.4. The number of piperidine rings is 1. The number of aromatic nitrogens is 1. The zero-order valence-electron chi connectivity index (χ0n) is 17.9. The average molecular weight is 434 g/mol. The number of carbonyl (C=O) groups excluding carboxylic acids is 2. The van der Waals surface area contributed by atoms with Gasteiger partial charge in [-0.15, -0.1) is 11.3 Å². The molecule has 8 nitrogen and oxygen atoms in total. The minimum absolute atomic E-state index is 0.103. The largest absolute Gasteiger partial charge is 0.454 e. The van der Waals surface area contributed by atoms with Gasteiger partial charge in [0, 0.05) is 17.8 Å². The Balaban J connectivity index is 1.40. The van der Waals surface area contributed by atoms with Crippen molar-refractivity contribution in [3.63, 3.8) is 0 Å². The maximum Gasteiger partial charge on any atom is 0.305 e. The molecule has 0 saturated carbocycles. The molecule has 0 unspecified atom stereocenters. The molecule has 2 aromatic rings. The molecule has 1 saturated heterocycles. The third kappa shape index (κ3) is 6.13. The molecule has 0 atom stereocenters. The molecule has 0 bridgehead atoms. The second kappa shape index (κ2) is 10.7. The van der Waals surface area contributed by atoms with E-state index in [1.807, 2.05) is 6.92 Å². The standard InChI is InChI=1S/C21H31N5O3S/c1-4-25(5-2)13-18-6-7-19(29-18)21(28)24-23-20(27)16-8-10-26(11-9-16)12-17-14-30-15(3)22-17/h6-7,14,16H,4-5,8-13H2,1-3H3,(H,23,27)(H,24,28). The lowest BCUT2D eigenvalue weighted by Gasteiger charge is -2.30. The smallest absolute Gasteiger partial charge is 0.305 e. The number of nitrogens with zero attached hydrogens (tertiary/aromatic N) is 3. The number of aryl methyl sites for hydroxylation is 1. The molecule has 3 rings (SSSR count). The zero-order valence-corrected chi connectivity index (χ0v) is 18.8. The van der Waals surface area contributed by atoms with Gasteiger partial charge in [-0.3, -0.25) is 30.2 Å². The van der Waals surface area contributed by atoms with Crippen LogP contribution in [0.3, 0.4) is 0 Å². The van der Waals surface area contributed by atoms with Gasteiger partial charge in [-0.1, -0.05) is 13.8 Å². The number of rotatable bonds is 8. The van der Waals surface area contributed by atoms with Crippen LogP contribution in [0.25, 0.3) is 0 Å². The molecule has 30 heavy (non-hydrogen) atoms. The topological polar surface area (TPSA) is 90.7 Å². The Morgan fingerprint density at radius 2 is 1.97 bits per heavy atom. The number of carbonyl (C=O) groups is 2. The van der Waals surface area contributed by atoms with E-state index >= 15 is 0 Å². The summed E-state index contributed by atoms with van der Waals surface area (Å²) in [5, 5.41) is 3.16. The molecule has 9 heteroatoms. The van der Waals surface area contributed by atoms with Crippen LogP contribution in [-0.4, -0.2) is 52.8 Å². The number of hydrogen-bond donors (Lipinski definition) is 2. The van der Waals surface area contributed by atoms with Crippen LogP contribution in [0.5, 0.6) is 0 Å². The monoisotopic (exact) mass is 433 g/mol. The number of furan rings is 1. The van der Waals surface area contributed by atoms with Crippen LogP contribution in [0.1, 0.15) is 53.7 Å². The molecule has 3 heterocycles. The van der Waals surface area contributed by atoms with E-state index in [1.165, 1.54) is 0 Å². The predicted molar refractivity (Wildman–Crippen MR) is 116 cm³/mol. The summed E-state index contributed by atoms with van der Waals surface area (Å²) in [5.74, 6) is 0.241. The van der Waals surface area contributed by atoms with E-state index in [0.29, 0.717) is 6.54 Å². The first kappa shape index (κ1) is 22.5. The molecule has 2 N–H and O–H groups in total. The van der Waals surface area contributed by atoms with E-state index in [4.69, 9.17) is 4.42 Å². The third-order valence-electron chi connectivity index (χ3n) is 5.47. The summed E-state index contributed by atoms with van der Waals surface area (Å²) >= 11 is 1.66. The van der Waals surface area contributed by atoms with Crippen molar-refractivity contribution in [2.45, 2.75) is 46.7 Å². The summed E-state index contributed by atoms with van der Waals surface area (Å²) in [6.45, 7) is 11.2. The summed E-state index contributed by atoms with van der Waals surface area (Å²) in [4.78, 5) is 33.7. The summed E-state index contributed by atoms with van der Waals surface area (Å²) in [5.41, 5.74) is 6.12. The van der Waals surface area contributed by atoms with Crippen LogP contribution in [0.2, 0.25) is 0 Å². The molecule has 1 aliphatic rings. The fourth-order valence-electron chi connectivity index (χ4n) is 3.60. The highest BCUT2D eigenvalue weighted by molar-refractivity contribution is 7.09. The number of thiazole rings is 1. The van der Waals surface area contributed by atoms with Crippen LogP contribution in [0.4, 0.5) is 0 Å². The van der Waals surface area contributed by atoms with Crippen molar-refractivity contribution in [1.82, 2.24) is 25.6 Å². The highest BCUT2D eigenvalue weighted by Crippen LogP contribution is 2.20. The van der Waals surface area contributed by atoms with E-state index in [9.17, 15) is 9.59 Å². The first-order valence-electron chi connectivity index (χ1n) is 10.5. The molecule has 0 spiro atoms. The number of hydrazine groups is 1. The first-order valence-corrected chi connectivity index (χ1v) is 11.4. The highest BCUT2D eigenvalue weighted by Gasteiger charge is 2.26. The van der Waals surface area contributed by atoms with Gasteiger partial charge in [-0.25, -0.2) is 4.98 Å². The van der Waals surface area contributed by atoms with Gasteiger partial charge in [0.15, 0.2) is 5.76 Å². The molecule has 164 valence electrons. The third-order valence-corrected chi connectivity index (χ3v) is 6.29. The van der Waals surface area contributed by atoms with Crippen LogP contribution < -0.4 is 10.9 Å². The van der Waals surface area contributed by atoms with Crippen LogP contribution in [0.15, 0.2) is 21.9 Å². The van der Waals surface area contributed by atoms with Gasteiger partial charge in [-0.2, -0.15) is 0 Å². The lowest BCUT2D eigenvalue weighted by molar-refractivity contribution is -0.127. The Morgan fingerprint density at radius 3 is 2.60 bits per heavy atom. The Morgan fingerprint density at radius 1 is 1.23 bits per heavy atom. The molecule has 0 aromatic carbocycles. The molecular formula is C21H31N5O3S. The average Bonchev–Trinajstić information content (AvgIpc) is 3.39. The van der Waals surface area contributed by atoms with E-state index < -0.39 is 5.91 Å². The van der Waals surface area contributed by atoms with E-state index in [1.54, 1.807) is 23.5 Å². The molecule has 0 aliphatic carbocycles. The van der Waals surface area contributed by atoms with Gasteiger partial charge in [-0.05, 0) is 58.1 Å². The molecule has 2 amide bonds. The van der Waals surface area contributed by atoms with Gasteiger partial charge in [0.2, 0.25) is 5.91 Å². The van der Waals surface area contributed by atoms with E-state index in [0.717, 1.165) is 62.0 Å². The number of likely N-dealkylation sites (tertiary alicyclic amines) is 1. The fraction of sp³-hybridized carbons (Fsp3) is 0.571. The van der Waals surface area contributed by atoms with Gasteiger partial charge in [0.1, 0.15) is 5.76 Å². The first-order chi connectivity index (χ1) is 14.5. The van der Waals surface area contributed by atoms with E-state index in [-0.39, 0.29) is 17.6 Å². The van der Waals surface area contributed by atoms with Gasteiger partial charge in [0.05, 0.1) is 17.2 Å². The number of amides is 2. The SMILES string of the molecule is CCN(CC)Cc1ccc(C(=O)NNC(=O)C2CCN(Cc3csc(C)n3)CC2)o1. The van der Waals surface area contributed by atoms with Crippen molar-refractivity contribution < 1.29 is 14.0 Å². The lowest BCUT2D eigenvalue weighted by Crippen LogP contribution is -2.47. The van der Waals surface area contributed by atoms with Crippen molar-refractivity contribution in [1.29, 1.82) is 0 Å². The van der Waals surface area contributed by atoms with Gasteiger partial charge < -0.3 is 4.42 Å². The second-order valence-electron chi connectivity index (χ2n) is 7.58. The number of nitrogens with one attached hydrogen (secondary N) is 2. The maximum atomic E-state index is 12.4. The van der Waals surface area contributed by atoms with Crippen molar-refractivity contribution in [3.8, 4) is 0 Å². The highest BCUT2D eigenvalue weighted by atomic mass is 32.1. The second-order valence-corrected chi connectivity index (χ2v) is 8.64. The fourth-order valence-corrected chi connectivity index (χ4v) is 4.20. The molecule has 0 radical (unpaired) electrons. The van der Waals surface area contributed by atoms with Crippen molar-refractivity contribution in [2.24, 2.45) is 5.92 Å². The normalized spacial score (nSPS) is 15.5. The summed E-state index contributed by atoms with van der Waals surface area (Å²) < 4.78 is 5.61. The van der Waals surface area contributed by atoms with E-state index in [2.05, 4.69) is 44.9 Å². The van der Waals surface area contributed by atoms with Gasteiger partial charge in [0.25, 0.3) is 0 Å². The molecule has 2 aromatic heterocycles. The molecule has 1 fully saturated rings. The minimum atomic E-state index is -0.439. The van der Waals surface area contributed by atoms with Crippen LogP contribution in [-0.2, 0) is 17.9 Å². The lowest BCUT2D eigenvalue weighted by atomic mass is 9.96. The predicted octanol–water partition coefficient (Wildman–Crippen LogP) is 2.56.